The summed E-state index contributed by atoms with van der Waals surface area (Å²) >= 11 is 0. The largest absolute Gasteiger partial charge is 0.392 e. The molecule has 0 aliphatic carbocycles. The first kappa shape index (κ1) is 11.7. The van der Waals surface area contributed by atoms with E-state index in [1.165, 1.54) is 0 Å². The number of aliphatic hydroxyl groups is 1. The molecule has 0 heterocycles. The normalized spacial score (nSPS) is 11.7. The van der Waals surface area contributed by atoms with Crippen molar-refractivity contribution >= 4 is 0 Å². The van der Waals surface area contributed by atoms with Crippen LogP contribution in [0, 0.1) is 0 Å². The van der Waals surface area contributed by atoms with Crippen molar-refractivity contribution in [2.75, 3.05) is 13.6 Å². The number of rotatable bonds is 3. The first-order valence-corrected chi connectivity index (χ1v) is 3.64. The lowest BCUT2D eigenvalue weighted by atomic mass is 10.3. The first-order valence-electron chi connectivity index (χ1n) is 3.64. The van der Waals surface area contributed by atoms with E-state index >= 15 is 0 Å². The van der Waals surface area contributed by atoms with Crippen molar-refractivity contribution in [1.82, 2.24) is 5.32 Å². The minimum atomic E-state index is -0.162. The lowest BCUT2D eigenvalue weighted by Gasteiger charge is -2.03. The Labute approximate surface area is 58.3 Å². The molecule has 0 saturated carbocycles. The van der Waals surface area contributed by atoms with Crippen LogP contribution >= 0.6 is 0 Å². The Balaban J connectivity index is 0. The Kier molecular flexibility index (Phi) is 14.0. The molecule has 0 radical (unpaired) electrons. The van der Waals surface area contributed by atoms with E-state index in [1.807, 2.05) is 27.8 Å². The number of likely N-dealkylation sites (N-methyl/N-ethyl adjacent to an activating group) is 1. The van der Waals surface area contributed by atoms with Crippen molar-refractivity contribution in [2.45, 2.75) is 33.3 Å². The second-order valence-electron chi connectivity index (χ2n) is 1.62. The fourth-order valence-corrected chi connectivity index (χ4v) is 0.380. The van der Waals surface area contributed by atoms with Crippen molar-refractivity contribution in [3.8, 4) is 0 Å². The van der Waals surface area contributed by atoms with Gasteiger partial charge in [0.25, 0.3) is 0 Å². The smallest absolute Gasteiger partial charge is 0.0661 e. The predicted octanol–water partition coefficient (Wildman–Crippen LogP) is 1.00. The van der Waals surface area contributed by atoms with Crippen molar-refractivity contribution < 1.29 is 5.11 Å². The predicted molar refractivity (Wildman–Crippen MR) is 41.6 cm³/mol. The fraction of sp³-hybridized carbons (Fsp3) is 1.00. The van der Waals surface area contributed by atoms with Crippen LogP contribution in [0.15, 0.2) is 0 Å². The summed E-state index contributed by atoms with van der Waals surface area (Å²) in [5, 5.41) is 11.7. The van der Waals surface area contributed by atoms with Gasteiger partial charge in [-0.15, -0.1) is 0 Å². The van der Waals surface area contributed by atoms with Crippen molar-refractivity contribution in [3.05, 3.63) is 0 Å². The van der Waals surface area contributed by atoms with Gasteiger partial charge in [-0.05, 0) is 13.5 Å². The quantitative estimate of drug-likeness (QED) is 0.602. The summed E-state index contributed by atoms with van der Waals surface area (Å²) < 4.78 is 0. The van der Waals surface area contributed by atoms with Crippen LogP contribution in [-0.2, 0) is 0 Å². The molecule has 1 unspecified atom stereocenters. The monoisotopic (exact) mass is 133 g/mol. The van der Waals surface area contributed by atoms with E-state index in [2.05, 4.69) is 5.32 Å². The maximum atomic E-state index is 8.80. The van der Waals surface area contributed by atoms with E-state index in [4.69, 9.17) is 5.11 Å². The van der Waals surface area contributed by atoms with Gasteiger partial charge in [-0.1, -0.05) is 20.8 Å². The molecule has 0 fully saturated rings. The molecule has 0 saturated heterocycles. The molecule has 58 valence electrons. The Morgan fingerprint density at radius 3 is 2.00 bits per heavy atom. The van der Waals surface area contributed by atoms with E-state index in [0.717, 1.165) is 6.42 Å². The summed E-state index contributed by atoms with van der Waals surface area (Å²) in [6.07, 6.45) is 0.672. The van der Waals surface area contributed by atoms with Crippen LogP contribution in [0.4, 0.5) is 0 Å². The summed E-state index contributed by atoms with van der Waals surface area (Å²) in [6.45, 7) is 6.67. The minimum Gasteiger partial charge on any atom is -0.392 e. The zero-order valence-electron chi connectivity index (χ0n) is 6.94. The van der Waals surface area contributed by atoms with Crippen LogP contribution in [-0.4, -0.2) is 24.8 Å². The lowest BCUT2D eigenvalue weighted by molar-refractivity contribution is 0.170. The van der Waals surface area contributed by atoms with Gasteiger partial charge in [0.2, 0.25) is 0 Å². The molecule has 0 rings (SSSR count). The van der Waals surface area contributed by atoms with Crippen LogP contribution in [0.3, 0.4) is 0 Å². The molecule has 0 aromatic carbocycles. The van der Waals surface area contributed by atoms with Crippen LogP contribution in [0.2, 0.25) is 0 Å². The van der Waals surface area contributed by atoms with Crippen LogP contribution < -0.4 is 5.32 Å². The molecular weight excluding hydrogens is 114 g/mol. The Morgan fingerprint density at radius 2 is 1.89 bits per heavy atom. The van der Waals surface area contributed by atoms with Crippen molar-refractivity contribution in [3.63, 3.8) is 0 Å². The van der Waals surface area contributed by atoms with Crippen LogP contribution in [0.1, 0.15) is 27.2 Å². The van der Waals surface area contributed by atoms with Crippen LogP contribution in [0.5, 0.6) is 0 Å². The average Bonchev–Trinajstić information content (AvgIpc) is 1.93. The minimum absolute atomic E-state index is 0.162. The zero-order chi connectivity index (χ0) is 7.70. The topological polar surface area (TPSA) is 32.3 Å². The third-order valence-electron chi connectivity index (χ3n) is 0.911. The summed E-state index contributed by atoms with van der Waals surface area (Å²) in [6, 6.07) is 0. The molecule has 9 heavy (non-hydrogen) atoms. The second-order valence-corrected chi connectivity index (χ2v) is 1.62. The van der Waals surface area contributed by atoms with Gasteiger partial charge in [-0.3, -0.25) is 0 Å². The van der Waals surface area contributed by atoms with E-state index < -0.39 is 0 Å². The lowest BCUT2D eigenvalue weighted by Crippen LogP contribution is -2.22. The van der Waals surface area contributed by atoms with Gasteiger partial charge in [0, 0.05) is 6.54 Å². The van der Waals surface area contributed by atoms with Crippen molar-refractivity contribution in [2.24, 2.45) is 0 Å². The standard InChI is InChI=1S/C5H13NO.C2H6/c1-3-5(7)4-6-2;1-2/h5-7H,3-4H2,1-2H3;1-2H3. The highest BCUT2D eigenvalue weighted by Crippen LogP contribution is 1.83. The van der Waals surface area contributed by atoms with Gasteiger partial charge in [0.05, 0.1) is 6.10 Å². The SMILES string of the molecule is CC.CCC(O)CNC. The molecule has 0 spiro atoms. The highest BCUT2D eigenvalue weighted by molar-refractivity contribution is 4.51. The van der Waals surface area contributed by atoms with E-state index in [-0.39, 0.29) is 6.10 Å². The van der Waals surface area contributed by atoms with E-state index in [0.29, 0.717) is 6.54 Å². The Hall–Kier alpha value is -0.0800. The third kappa shape index (κ3) is 11.5. The molecule has 0 bridgehead atoms. The summed E-state index contributed by atoms with van der Waals surface area (Å²) in [7, 11) is 1.83. The maximum absolute atomic E-state index is 8.80. The van der Waals surface area contributed by atoms with Gasteiger partial charge in [0.1, 0.15) is 0 Å². The van der Waals surface area contributed by atoms with Gasteiger partial charge >= 0.3 is 0 Å². The number of nitrogens with one attached hydrogen (secondary N) is 1. The summed E-state index contributed by atoms with van der Waals surface area (Å²) in [4.78, 5) is 0. The number of hydrogen-bond donors (Lipinski definition) is 2. The first-order chi connectivity index (χ1) is 4.31. The highest BCUT2D eigenvalue weighted by Gasteiger charge is 1.93. The third-order valence-corrected chi connectivity index (χ3v) is 0.911. The van der Waals surface area contributed by atoms with E-state index in [1.54, 1.807) is 0 Å². The number of aliphatic hydroxyl groups excluding tert-OH is 1. The average molecular weight is 133 g/mol. The summed E-state index contributed by atoms with van der Waals surface area (Å²) in [5.41, 5.74) is 0. The number of hydrogen-bond acceptors (Lipinski definition) is 2. The van der Waals surface area contributed by atoms with Gasteiger partial charge in [0.15, 0.2) is 0 Å². The highest BCUT2D eigenvalue weighted by atomic mass is 16.3. The molecule has 2 heteroatoms. The molecule has 1 atom stereocenters. The molecule has 0 amide bonds. The van der Waals surface area contributed by atoms with Crippen LogP contribution in [0.25, 0.3) is 0 Å². The Bertz CT molecular complexity index is 39.9. The van der Waals surface area contributed by atoms with Gasteiger partial charge in [-0.2, -0.15) is 0 Å². The zero-order valence-corrected chi connectivity index (χ0v) is 6.94. The molecule has 0 aromatic heterocycles. The molecule has 2 N–H and O–H groups in total. The molecular formula is C7H19NO. The molecule has 0 aromatic rings. The summed E-state index contributed by atoms with van der Waals surface area (Å²) in [5.74, 6) is 0. The molecule has 2 nitrogen and oxygen atoms in total. The van der Waals surface area contributed by atoms with E-state index in [9.17, 15) is 0 Å². The van der Waals surface area contributed by atoms with Gasteiger partial charge < -0.3 is 10.4 Å². The fourth-order valence-electron chi connectivity index (χ4n) is 0.380. The second kappa shape index (κ2) is 10.8. The Morgan fingerprint density at radius 1 is 1.44 bits per heavy atom. The van der Waals surface area contributed by atoms with Crippen molar-refractivity contribution in [1.29, 1.82) is 0 Å². The molecule has 0 aliphatic rings. The maximum Gasteiger partial charge on any atom is 0.0661 e. The van der Waals surface area contributed by atoms with Gasteiger partial charge in [-0.25, -0.2) is 0 Å². The molecule has 0 aliphatic heterocycles.